The molecule has 0 bridgehead atoms. The highest BCUT2D eigenvalue weighted by Crippen LogP contribution is 2.43. The molecule has 1 aromatic carbocycles. The Labute approximate surface area is 159 Å². The third kappa shape index (κ3) is 3.40. The summed E-state index contributed by atoms with van der Waals surface area (Å²) < 4.78 is 0. The summed E-state index contributed by atoms with van der Waals surface area (Å²) in [5.74, 6) is 0. The topological polar surface area (TPSA) is 30.9 Å². The predicted octanol–water partition coefficient (Wildman–Crippen LogP) is 4.46. The first-order valence-electron chi connectivity index (χ1n) is 7.69. The first kappa shape index (κ1) is 19.1. The Morgan fingerprint density at radius 2 is 1.79 bits per heavy atom. The van der Waals surface area contributed by atoms with E-state index < -0.39 is 0 Å². The number of halogens is 2. The quantitative estimate of drug-likeness (QED) is 0.671. The predicted molar refractivity (Wildman–Crippen MR) is 110 cm³/mol. The number of nitrogens with zero attached hydrogens (tertiary/aromatic N) is 3. The van der Waals surface area contributed by atoms with Gasteiger partial charge in [-0.2, -0.15) is 0 Å². The number of hydrogen-bond donors (Lipinski definition) is 1. The molecular formula is C17H22Cl2N4S. The minimum atomic E-state index is 0. The maximum Gasteiger partial charge on any atom is 0.104 e. The van der Waals surface area contributed by atoms with Crippen molar-refractivity contribution in [3.05, 3.63) is 34.7 Å². The number of fused-ring (bicyclic) bond motifs is 2. The fourth-order valence-corrected chi connectivity index (χ4v) is 4.20. The van der Waals surface area contributed by atoms with E-state index in [4.69, 9.17) is 4.99 Å². The van der Waals surface area contributed by atoms with E-state index >= 15 is 0 Å². The molecule has 2 aliphatic rings. The highest BCUT2D eigenvalue weighted by atomic mass is 35.5. The summed E-state index contributed by atoms with van der Waals surface area (Å²) in [6, 6.07) is 8.22. The lowest BCUT2D eigenvalue weighted by atomic mass is 10.2. The molecular weight excluding hydrogens is 363 g/mol. The fourth-order valence-electron chi connectivity index (χ4n) is 3.14. The van der Waals surface area contributed by atoms with Crippen molar-refractivity contribution in [2.24, 2.45) is 4.99 Å². The molecule has 3 heterocycles. The van der Waals surface area contributed by atoms with Gasteiger partial charge in [-0.25, -0.2) is 0 Å². The number of aryl methyl sites for hydroxylation is 1. The molecule has 2 aromatic rings. The second-order valence-corrected chi connectivity index (χ2v) is 7.17. The summed E-state index contributed by atoms with van der Waals surface area (Å²) >= 11 is 1.83. The average Bonchev–Trinajstić information content (AvgIpc) is 2.72. The van der Waals surface area contributed by atoms with Gasteiger partial charge in [0.05, 0.1) is 22.6 Å². The van der Waals surface area contributed by atoms with Crippen molar-refractivity contribution in [2.45, 2.75) is 6.92 Å². The monoisotopic (exact) mass is 384 g/mol. The zero-order valence-corrected chi connectivity index (χ0v) is 16.2. The van der Waals surface area contributed by atoms with Gasteiger partial charge in [0, 0.05) is 37.3 Å². The minimum absolute atomic E-state index is 0. The van der Waals surface area contributed by atoms with Crippen molar-refractivity contribution in [3.63, 3.8) is 0 Å². The summed E-state index contributed by atoms with van der Waals surface area (Å²) in [5.41, 5.74) is 4.69. The Morgan fingerprint density at radius 1 is 1.08 bits per heavy atom. The van der Waals surface area contributed by atoms with Crippen molar-refractivity contribution >= 4 is 64.4 Å². The normalized spacial score (nSPS) is 16.2. The summed E-state index contributed by atoms with van der Waals surface area (Å²) in [5, 5.41) is 4.78. The van der Waals surface area contributed by atoms with Crippen LogP contribution in [0.1, 0.15) is 10.4 Å². The van der Waals surface area contributed by atoms with Crippen LogP contribution in [0.4, 0.5) is 22.1 Å². The molecule has 4 nitrogen and oxygen atoms in total. The Balaban J connectivity index is 0.00000104. The van der Waals surface area contributed by atoms with E-state index in [1.165, 1.54) is 21.1 Å². The van der Waals surface area contributed by atoms with Crippen LogP contribution < -0.4 is 10.2 Å². The molecule has 130 valence electrons. The number of piperazine rings is 1. The molecule has 1 saturated heterocycles. The van der Waals surface area contributed by atoms with Gasteiger partial charge in [0.15, 0.2) is 0 Å². The molecule has 0 atom stereocenters. The maximum atomic E-state index is 4.69. The molecule has 2 aliphatic heterocycles. The van der Waals surface area contributed by atoms with Gasteiger partial charge < -0.3 is 15.1 Å². The molecule has 1 aromatic heterocycles. The lowest BCUT2D eigenvalue weighted by Gasteiger charge is -2.34. The van der Waals surface area contributed by atoms with E-state index in [2.05, 4.69) is 41.2 Å². The Hall–Kier alpha value is -1.27. The summed E-state index contributed by atoms with van der Waals surface area (Å²) in [6.45, 7) is 6.63. The van der Waals surface area contributed by atoms with Crippen LogP contribution in [-0.2, 0) is 0 Å². The third-order valence-corrected chi connectivity index (χ3v) is 5.42. The zero-order valence-electron chi connectivity index (χ0n) is 13.8. The highest BCUT2D eigenvalue weighted by Gasteiger charge is 2.24. The fraction of sp³-hybridized carbons (Fsp3) is 0.353. The summed E-state index contributed by atoms with van der Waals surface area (Å²) in [7, 11) is 2.19. The molecule has 0 radical (unpaired) electrons. The molecule has 1 N–H and O–H groups in total. The van der Waals surface area contributed by atoms with Crippen molar-refractivity contribution in [1.82, 2.24) is 4.90 Å². The van der Waals surface area contributed by atoms with E-state index in [0.717, 1.165) is 37.6 Å². The number of hydrogen-bond acceptors (Lipinski definition) is 5. The average molecular weight is 385 g/mol. The van der Waals surface area contributed by atoms with Gasteiger partial charge in [0.2, 0.25) is 0 Å². The second kappa shape index (κ2) is 7.74. The molecule has 0 unspecified atom stereocenters. The minimum Gasteiger partial charge on any atom is -0.367 e. The number of para-hydroxylation sites is 2. The molecule has 4 rings (SSSR count). The molecule has 1 fully saturated rings. The number of thiophene rings is 1. The Morgan fingerprint density at radius 3 is 2.54 bits per heavy atom. The third-order valence-electron chi connectivity index (χ3n) is 4.39. The van der Waals surface area contributed by atoms with E-state index in [1.807, 2.05) is 29.7 Å². The number of anilines is 3. The SMILES string of the molecule is Cc1sc2c(c1N1CCN(C)CC1)C=Nc1ccccc1N2.Cl.Cl. The highest BCUT2D eigenvalue weighted by molar-refractivity contribution is 7.17. The number of aliphatic imine (C=N–C) groups is 1. The molecule has 0 spiro atoms. The van der Waals surface area contributed by atoms with Crippen molar-refractivity contribution in [2.75, 3.05) is 43.4 Å². The lowest BCUT2D eigenvalue weighted by molar-refractivity contribution is 0.313. The second-order valence-electron chi connectivity index (χ2n) is 5.94. The smallest absolute Gasteiger partial charge is 0.104 e. The molecule has 24 heavy (non-hydrogen) atoms. The largest absolute Gasteiger partial charge is 0.367 e. The summed E-state index contributed by atoms with van der Waals surface area (Å²) in [6.07, 6.45) is 2.03. The molecule has 0 aliphatic carbocycles. The number of rotatable bonds is 1. The molecule has 0 amide bonds. The summed E-state index contributed by atoms with van der Waals surface area (Å²) in [4.78, 5) is 11.0. The Bertz CT molecular complexity index is 736. The van der Waals surface area contributed by atoms with Crippen LogP contribution in [0.2, 0.25) is 0 Å². The van der Waals surface area contributed by atoms with Crippen molar-refractivity contribution < 1.29 is 0 Å². The van der Waals surface area contributed by atoms with E-state index in [-0.39, 0.29) is 24.8 Å². The van der Waals surface area contributed by atoms with Crippen molar-refractivity contribution in [1.29, 1.82) is 0 Å². The van der Waals surface area contributed by atoms with Crippen LogP contribution in [0.3, 0.4) is 0 Å². The number of nitrogens with one attached hydrogen (secondary N) is 1. The molecule has 0 saturated carbocycles. The van der Waals surface area contributed by atoms with Gasteiger partial charge in [-0.3, -0.25) is 4.99 Å². The van der Waals surface area contributed by atoms with Crippen LogP contribution in [0, 0.1) is 6.92 Å². The van der Waals surface area contributed by atoms with Crippen molar-refractivity contribution in [3.8, 4) is 0 Å². The van der Waals surface area contributed by atoms with Gasteiger partial charge >= 0.3 is 0 Å². The van der Waals surface area contributed by atoms with Gasteiger partial charge in [0.1, 0.15) is 5.00 Å². The standard InChI is InChI=1S/C17H20N4S.2ClH/c1-12-16(21-9-7-20(2)8-10-21)13-11-18-14-5-3-4-6-15(14)19-17(13)22-12;;/h3-6,11,19H,7-10H2,1-2H3;2*1H. The first-order chi connectivity index (χ1) is 10.7. The van der Waals surface area contributed by atoms with E-state index in [0.29, 0.717) is 0 Å². The van der Waals surface area contributed by atoms with Gasteiger partial charge in [0.25, 0.3) is 0 Å². The molecule has 7 heteroatoms. The first-order valence-corrected chi connectivity index (χ1v) is 8.51. The van der Waals surface area contributed by atoms with Crippen LogP contribution in [-0.4, -0.2) is 44.3 Å². The zero-order chi connectivity index (χ0) is 15.1. The van der Waals surface area contributed by atoms with Crippen LogP contribution in [0.25, 0.3) is 0 Å². The van der Waals surface area contributed by atoms with E-state index in [9.17, 15) is 0 Å². The maximum absolute atomic E-state index is 4.69. The van der Waals surface area contributed by atoms with Crippen LogP contribution in [0.5, 0.6) is 0 Å². The number of benzene rings is 1. The van der Waals surface area contributed by atoms with Gasteiger partial charge in [-0.15, -0.1) is 36.2 Å². The number of likely N-dealkylation sites (N-methyl/N-ethyl adjacent to an activating group) is 1. The van der Waals surface area contributed by atoms with Crippen LogP contribution >= 0.6 is 36.2 Å². The van der Waals surface area contributed by atoms with Crippen LogP contribution in [0.15, 0.2) is 29.3 Å². The van der Waals surface area contributed by atoms with E-state index in [1.54, 1.807) is 0 Å². The Kier molecular flexibility index (Phi) is 6.15. The van der Waals surface area contributed by atoms with Gasteiger partial charge in [-0.1, -0.05) is 12.1 Å². The lowest BCUT2D eigenvalue weighted by Crippen LogP contribution is -2.44. The van der Waals surface area contributed by atoms with Gasteiger partial charge in [-0.05, 0) is 26.1 Å².